The number of hydrogen-bond donors (Lipinski definition) is 1. The van der Waals surface area contributed by atoms with E-state index in [9.17, 15) is 13.2 Å². The molecule has 0 atom stereocenters. The van der Waals surface area contributed by atoms with Gasteiger partial charge in [-0.25, -0.2) is 8.42 Å². The summed E-state index contributed by atoms with van der Waals surface area (Å²) in [5.41, 5.74) is 1.77. The van der Waals surface area contributed by atoms with Crippen LogP contribution in [0.3, 0.4) is 0 Å². The predicted octanol–water partition coefficient (Wildman–Crippen LogP) is 4.49. The number of nitrogens with zero attached hydrogens (tertiary/aromatic N) is 1. The number of benzene rings is 3. The quantitative estimate of drug-likeness (QED) is 0.582. The van der Waals surface area contributed by atoms with E-state index in [1.54, 1.807) is 60.7 Å². The van der Waals surface area contributed by atoms with Gasteiger partial charge in [0.25, 0.3) is 10.0 Å². The van der Waals surface area contributed by atoms with Crippen molar-refractivity contribution in [3.05, 3.63) is 83.4 Å². The van der Waals surface area contributed by atoms with E-state index in [1.807, 2.05) is 6.92 Å². The van der Waals surface area contributed by atoms with Gasteiger partial charge in [-0.2, -0.15) is 0 Å². The molecule has 3 rings (SSSR count). The van der Waals surface area contributed by atoms with Crippen LogP contribution in [0.2, 0.25) is 5.02 Å². The maximum absolute atomic E-state index is 13.4. The van der Waals surface area contributed by atoms with E-state index in [2.05, 4.69) is 5.32 Å². The maximum atomic E-state index is 13.4. The fourth-order valence-corrected chi connectivity index (χ4v) is 4.39. The molecular weight excluding hydrogens is 424 g/mol. The third kappa shape index (κ3) is 4.93. The average molecular weight is 445 g/mol. The molecule has 0 aliphatic carbocycles. The highest BCUT2D eigenvalue weighted by atomic mass is 35.5. The zero-order chi connectivity index (χ0) is 21.7. The van der Waals surface area contributed by atoms with Gasteiger partial charge in [0.15, 0.2) is 0 Å². The molecule has 0 aliphatic rings. The first-order valence-electron chi connectivity index (χ1n) is 9.09. The minimum Gasteiger partial charge on any atom is -0.497 e. The number of aryl methyl sites for hydroxylation is 1. The summed E-state index contributed by atoms with van der Waals surface area (Å²) in [7, 11) is -2.50. The van der Waals surface area contributed by atoms with E-state index >= 15 is 0 Å². The fourth-order valence-electron chi connectivity index (χ4n) is 2.78. The van der Waals surface area contributed by atoms with Gasteiger partial charge in [0.05, 0.1) is 28.4 Å². The summed E-state index contributed by atoms with van der Waals surface area (Å²) in [5, 5.41) is 3.03. The van der Waals surface area contributed by atoms with E-state index < -0.39 is 22.5 Å². The molecule has 0 saturated heterocycles. The molecule has 3 aromatic rings. The van der Waals surface area contributed by atoms with Gasteiger partial charge in [0.2, 0.25) is 5.91 Å². The van der Waals surface area contributed by atoms with Crippen LogP contribution in [0.25, 0.3) is 0 Å². The van der Waals surface area contributed by atoms with Crippen LogP contribution < -0.4 is 14.4 Å². The summed E-state index contributed by atoms with van der Waals surface area (Å²) in [4.78, 5) is 12.7. The second-order valence-electron chi connectivity index (χ2n) is 6.55. The summed E-state index contributed by atoms with van der Waals surface area (Å²) in [6, 6.07) is 19.7. The number of para-hydroxylation sites is 1. The van der Waals surface area contributed by atoms with Gasteiger partial charge in [-0.05, 0) is 55.5 Å². The van der Waals surface area contributed by atoms with Crippen molar-refractivity contribution < 1.29 is 17.9 Å². The fraction of sp³-hybridized carbons (Fsp3) is 0.136. The second kappa shape index (κ2) is 9.19. The Morgan fingerprint density at radius 2 is 1.63 bits per heavy atom. The van der Waals surface area contributed by atoms with Crippen LogP contribution in [-0.2, 0) is 14.8 Å². The molecule has 0 aromatic heterocycles. The monoisotopic (exact) mass is 444 g/mol. The number of rotatable bonds is 7. The Bertz CT molecular complexity index is 1130. The van der Waals surface area contributed by atoms with Crippen LogP contribution in [0.1, 0.15) is 5.56 Å². The van der Waals surface area contributed by atoms with Crippen molar-refractivity contribution in [3.8, 4) is 5.75 Å². The Balaban J connectivity index is 1.94. The zero-order valence-electron chi connectivity index (χ0n) is 16.5. The number of hydrogen-bond acceptors (Lipinski definition) is 4. The standard InChI is InChI=1S/C22H21ClN2O4S/c1-16-7-9-17(10-8-16)25(15-22(26)24-21-6-4-3-5-20(21)23)30(27,28)19-13-11-18(29-2)12-14-19/h3-14H,15H2,1-2H3,(H,24,26). The van der Waals surface area contributed by atoms with E-state index in [-0.39, 0.29) is 4.90 Å². The number of ether oxygens (including phenoxy) is 1. The average Bonchev–Trinajstić information content (AvgIpc) is 2.74. The van der Waals surface area contributed by atoms with Gasteiger partial charge in [0, 0.05) is 0 Å². The molecule has 8 heteroatoms. The molecule has 3 aromatic carbocycles. The second-order valence-corrected chi connectivity index (χ2v) is 8.82. The number of carbonyl (C=O) groups excluding carboxylic acids is 1. The number of nitrogens with one attached hydrogen (secondary N) is 1. The molecule has 0 radical (unpaired) electrons. The molecule has 30 heavy (non-hydrogen) atoms. The zero-order valence-corrected chi connectivity index (χ0v) is 18.1. The molecule has 0 aliphatic heterocycles. The number of carbonyl (C=O) groups is 1. The molecule has 156 valence electrons. The highest BCUT2D eigenvalue weighted by Crippen LogP contribution is 2.26. The van der Waals surface area contributed by atoms with Crippen LogP contribution in [0.5, 0.6) is 5.75 Å². The molecule has 0 bridgehead atoms. The largest absolute Gasteiger partial charge is 0.497 e. The van der Waals surface area contributed by atoms with Crippen molar-refractivity contribution in [3.63, 3.8) is 0 Å². The van der Waals surface area contributed by atoms with Gasteiger partial charge >= 0.3 is 0 Å². The topological polar surface area (TPSA) is 75.7 Å². The number of amides is 1. The van der Waals surface area contributed by atoms with E-state index in [0.29, 0.717) is 22.1 Å². The maximum Gasteiger partial charge on any atom is 0.264 e. The first-order valence-corrected chi connectivity index (χ1v) is 10.9. The van der Waals surface area contributed by atoms with Crippen molar-refractivity contribution >= 4 is 38.9 Å². The number of halogens is 1. The third-order valence-electron chi connectivity index (χ3n) is 4.40. The van der Waals surface area contributed by atoms with Crippen molar-refractivity contribution in [2.75, 3.05) is 23.3 Å². The van der Waals surface area contributed by atoms with Crippen LogP contribution in [0, 0.1) is 6.92 Å². The smallest absolute Gasteiger partial charge is 0.264 e. The lowest BCUT2D eigenvalue weighted by molar-refractivity contribution is -0.114. The molecular formula is C22H21ClN2O4S. The number of sulfonamides is 1. The normalized spacial score (nSPS) is 11.0. The van der Waals surface area contributed by atoms with E-state index in [0.717, 1.165) is 9.87 Å². The summed E-state index contributed by atoms with van der Waals surface area (Å²) in [6.07, 6.45) is 0. The minimum absolute atomic E-state index is 0.0504. The first-order chi connectivity index (χ1) is 14.3. The SMILES string of the molecule is COc1ccc(S(=O)(=O)N(CC(=O)Nc2ccccc2Cl)c2ccc(C)cc2)cc1. The van der Waals surface area contributed by atoms with Crippen molar-refractivity contribution in [2.24, 2.45) is 0 Å². The lowest BCUT2D eigenvalue weighted by Gasteiger charge is -2.24. The van der Waals surface area contributed by atoms with Crippen LogP contribution in [0.15, 0.2) is 77.7 Å². The predicted molar refractivity (Wildman–Crippen MR) is 119 cm³/mol. The molecule has 0 spiro atoms. The van der Waals surface area contributed by atoms with Crippen molar-refractivity contribution in [1.82, 2.24) is 0 Å². The molecule has 6 nitrogen and oxygen atoms in total. The third-order valence-corrected chi connectivity index (χ3v) is 6.52. The van der Waals surface area contributed by atoms with E-state index in [4.69, 9.17) is 16.3 Å². The van der Waals surface area contributed by atoms with Crippen LogP contribution >= 0.6 is 11.6 Å². The van der Waals surface area contributed by atoms with Crippen molar-refractivity contribution in [1.29, 1.82) is 0 Å². The molecule has 1 amide bonds. The minimum atomic E-state index is -4.01. The molecule has 0 unspecified atom stereocenters. The molecule has 1 N–H and O–H groups in total. The highest BCUT2D eigenvalue weighted by molar-refractivity contribution is 7.92. The van der Waals surface area contributed by atoms with Crippen LogP contribution in [0.4, 0.5) is 11.4 Å². The summed E-state index contributed by atoms with van der Waals surface area (Å²) < 4.78 is 32.9. The lowest BCUT2D eigenvalue weighted by Crippen LogP contribution is -2.38. The Kier molecular flexibility index (Phi) is 6.64. The summed E-state index contributed by atoms with van der Waals surface area (Å²) >= 11 is 6.10. The van der Waals surface area contributed by atoms with Gasteiger partial charge < -0.3 is 10.1 Å². The van der Waals surface area contributed by atoms with Crippen LogP contribution in [-0.4, -0.2) is 28.0 Å². The Morgan fingerprint density at radius 3 is 2.23 bits per heavy atom. The highest BCUT2D eigenvalue weighted by Gasteiger charge is 2.27. The molecule has 0 fully saturated rings. The van der Waals surface area contributed by atoms with Crippen molar-refractivity contribution in [2.45, 2.75) is 11.8 Å². The van der Waals surface area contributed by atoms with E-state index in [1.165, 1.54) is 19.2 Å². The van der Waals surface area contributed by atoms with Gasteiger partial charge in [-0.3, -0.25) is 9.10 Å². The first kappa shape index (κ1) is 21.7. The summed E-state index contributed by atoms with van der Waals surface area (Å²) in [5.74, 6) is 0.0214. The molecule has 0 saturated carbocycles. The molecule has 0 heterocycles. The van der Waals surface area contributed by atoms with Gasteiger partial charge in [0.1, 0.15) is 12.3 Å². The number of methoxy groups -OCH3 is 1. The Morgan fingerprint density at radius 1 is 1.00 bits per heavy atom. The Labute approximate surface area is 181 Å². The van der Waals surface area contributed by atoms with Gasteiger partial charge in [-0.15, -0.1) is 0 Å². The van der Waals surface area contributed by atoms with Gasteiger partial charge in [-0.1, -0.05) is 41.4 Å². The summed E-state index contributed by atoms with van der Waals surface area (Å²) in [6.45, 7) is 1.48. The number of anilines is 2. The Hall–Kier alpha value is -3.03. The lowest BCUT2D eigenvalue weighted by atomic mass is 10.2.